The van der Waals surface area contributed by atoms with Crippen molar-refractivity contribution in [3.63, 3.8) is 0 Å². The summed E-state index contributed by atoms with van der Waals surface area (Å²) in [5.41, 5.74) is 3.47. The van der Waals surface area contributed by atoms with Crippen LogP contribution in [0.1, 0.15) is 29.5 Å². The van der Waals surface area contributed by atoms with Crippen LogP contribution in [0, 0.1) is 12.8 Å². The van der Waals surface area contributed by atoms with Gasteiger partial charge in [-0.05, 0) is 54.9 Å². The average Bonchev–Trinajstić information content (AvgIpc) is 3.55. The molecule has 1 aromatic carbocycles. The number of benzene rings is 1. The van der Waals surface area contributed by atoms with Crippen molar-refractivity contribution in [3.8, 4) is 11.6 Å². The van der Waals surface area contributed by atoms with Crippen LogP contribution in [0.25, 0.3) is 0 Å². The maximum absolute atomic E-state index is 5.67. The van der Waals surface area contributed by atoms with Crippen LogP contribution in [-0.4, -0.2) is 38.3 Å². The van der Waals surface area contributed by atoms with E-state index in [2.05, 4.69) is 38.8 Å². The lowest BCUT2D eigenvalue weighted by Gasteiger charge is -2.13. The Labute approximate surface area is 190 Å². The number of guanidine groups is 1. The topological polar surface area (TPSA) is 67.8 Å². The van der Waals surface area contributed by atoms with E-state index >= 15 is 0 Å². The standard InChI is InChI=1S/C22H30N4O2.HI/c1-16-4-5-17(12-20(16)27-3)10-11-24-22(23-2)26-14-19-8-9-21(25-13-19)28-15-18-6-7-18;/h4-5,8-9,12-13,18H,6-7,10-11,14-15H2,1-3H3,(H2,23,24,26);1H. The molecule has 6 nitrogen and oxygen atoms in total. The van der Waals surface area contributed by atoms with Crippen LogP contribution in [0.15, 0.2) is 41.5 Å². The highest BCUT2D eigenvalue weighted by Gasteiger charge is 2.22. The summed E-state index contributed by atoms with van der Waals surface area (Å²) in [6.07, 6.45) is 5.31. The zero-order valence-electron chi connectivity index (χ0n) is 17.4. The van der Waals surface area contributed by atoms with Crippen molar-refractivity contribution in [1.82, 2.24) is 15.6 Å². The first-order valence-corrected chi connectivity index (χ1v) is 9.83. The van der Waals surface area contributed by atoms with Gasteiger partial charge in [0.05, 0.1) is 13.7 Å². The third-order valence-corrected chi connectivity index (χ3v) is 4.82. The van der Waals surface area contributed by atoms with E-state index in [1.807, 2.05) is 25.3 Å². The summed E-state index contributed by atoms with van der Waals surface area (Å²) in [6.45, 7) is 4.29. The molecule has 0 saturated heterocycles. The molecule has 0 amide bonds. The number of nitrogens with one attached hydrogen (secondary N) is 2. The van der Waals surface area contributed by atoms with Gasteiger partial charge in [0.15, 0.2) is 5.96 Å². The highest BCUT2D eigenvalue weighted by molar-refractivity contribution is 14.0. The van der Waals surface area contributed by atoms with E-state index in [0.717, 1.165) is 48.3 Å². The van der Waals surface area contributed by atoms with E-state index in [9.17, 15) is 0 Å². The smallest absolute Gasteiger partial charge is 0.213 e. The Kier molecular flexibility index (Phi) is 9.50. The fourth-order valence-corrected chi connectivity index (χ4v) is 2.84. The molecule has 158 valence electrons. The number of methoxy groups -OCH3 is 1. The number of aryl methyl sites for hydroxylation is 1. The van der Waals surface area contributed by atoms with Crippen molar-refractivity contribution in [3.05, 3.63) is 53.2 Å². The fourth-order valence-electron chi connectivity index (χ4n) is 2.84. The molecule has 0 bridgehead atoms. The molecule has 0 radical (unpaired) electrons. The average molecular weight is 510 g/mol. The minimum atomic E-state index is 0. The minimum absolute atomic E-state index is 0. The molecule has 0 unspecified atom stereocenters. The lowest BCUT2D eigenvalue weighted by atomic mass is 10.1. The molecule has 7 heteroatoms. The summed E-state index contributed by atoms with van der Waals surface area (Å²) in [6, 6.07) is 10.3. The van der Waals surface area contributed by atoms with E-state index in [4.69, 9.17) is 9.47 Å². The molecule has 1 aromatic heterocycles. The Balaban J connectivity index is 0.00000300. The highest BCUT2D eigenvalue weighted by Crippen LogP contribution is 2.29. The maximum atomic E-state index is 5.67. The number of pyridine rings is 1. The Morgan fingerprint density at radius 2 is 1.97 bits per heavy atom. The zero-order valence-corrected chi connectivity index (χ0v) is 19.7. The molecule has 29 heavy (non-hydrogen) atoms. The SMILES string of the molecule is CN=C(NCCc1ccc(C)c(OC)c1)NCc1ccc(OCC2CC2)nc1.I. The van der Waals surface area contributed by atoms with Gasteiger partial charge in [0.25, 0.3) is 0 Å². The fraction of sp³-hybridized carbons (Fsp3) is 0.455. The summed E-state index contributed by atoms with van der Waals surface area (Å²) in [5.74, 6) is 3.13. The lowest BCUT2D eigenvalue weighted by molar-refractivity contribution is 0.288. The van der Waals surface area contributed by atoms with Crippen molar-refractivity contribution in [2.45, 2.75) is 32.7 Å². The zero-order chi connectivity index (χ0) is 19.8. The van der Waals surface area contributed by atoms with E-state index < -0.39 is 0 Å². The monoisotopic (exact) mass is 510 g/mol. The summed E-state index contributed by atoms with van der Waals surface area (Å²) in [4.78, 5) is 8.65. The molecule has 0 spiro atoms. The number of nitrogens with zero attached hydrogens (tertiary/aromatic N) is 2. The van der Waals surface area contributed by atoms with Crippen LogP contribution in [0.3, 0.4) is 0 Å². The second kappa shape index (κ2) is 11.8. The van der Waals surface area contributed by atoms with Gasteiger partial charge in [-0.3, -0.25) is 4.99 Å². The molecule has 0 atom stereocenters. The first-order chi connectivity index (χ1) is 13.7. The van der Waals surface area contributed by atoms with Gasteiger partial charge in [-0.1, -0.05) is 18.2 Å². The van der Waals surface area contributed by atoms with Crippen molar-refractivity contribution >= 4 is 29.9 Å². The molecule has 3 rings (SSSR count). The molecule has 2 aromatic rings. The number of ether oxygens (including phenoxy) is 2. The molecular formula is C22H31IN4O2. The van der Waals surface area contributed by atoms with Gasteiger partial charge in [0, 0.05) is 32.4 Å². The number of aromatic nitrogens is 1. The van der Waals surface area contributed by atoms with Gasteiger partial charge >= 0.3 is 0 Å². The lowest BCUT2D eigenvalue weighted by Crippen LogP contribution is -2.37. The first kappa shape index (κ1) is 23.3. The quantitative estimate of drug-likeness (QED) is 0.306. The highest BCUT2D eigenvalue weighted by atomic mass is 127. The second-order valence-electron chi connectivity index (χ2n) is 7.17. The summed E-state index contributed by atoms with van der Waals surface area (Å²) in [5, 5.41) is 6.66. The van der Waals surface area contributed by atoms with E-state index in [-0.39, 0.29) is 24.0 Å². The molecule has 0 aliphatic heterocycles. The van der Waals surface area contributed by atoms with Crippen LogP contribution < -0.4 is 20.1 Å². The Hall–Kier alpha value is -2.03. The predicted molar refractivity (Wildman–Crippen MR) is 128 cm³/mol. The predicted octanol–water partition coefficient (Wildman–Crippen LogP) is 3.71. The molecule has 1 heterocycles. The Morgan fingerprint density at radius 1 is 1.17 bits per heavy atom. The third-order valence-electron chi connectivity index (χ3n) is 4.82. The minimum Gasteiger partial charge on any atom is -0.496 e. The van der Waals surface area contributed by atoms with Crippen molar-refractivity contribution in [1.29, 1.82) is 0 Å². The van der Waals surface area contributed by atoms with Gasteiger partial charge in [-0.15, -0.1) is 24.0 Å². The largest absolute Gasteiger partial charge is 0.496 e. The van der Waals surface area contributed by atoms with Crippen molar-refractivity contribution < 1.29 is 9.47 Å². The Bertz CT molecular complexity index is 792. The van der Waals surface area contributed by atoms with Crippen LogP contribution in [0.2, 0.25) is 0 Å². The maximum Gasteiger partial charge on any atom is 0.213 e. The number of halogens is 1. The first-order valence-electron chi connectivity index (χ1n) is 9.83. The molecule has 1 aliphatic rings. The third kappa shape index (κ3) is 7.72. The number of aliphatic imine (C=N–C) groups is 1. The van der Waals surface area contributed by atoms with E-state index in [1.54, 1.807) is 14.2 Å². The second-order valence-corrected chi connectivity index (χ2v) is 7.17. The molecule has 1 saturated carbocycles. The van der Waals surface area contributed by atoms with Gasteiger partial charge in [-0.25, -0.2) is 4.98 Å². The summed E-state index contributed by atoms with van der Waals surface area (Å²) in [7, 11) is 3.48. The summed E-state index contributed by atoms with van der Waals surface area (Å²) >= 11 is 0. The van der Waals surface area contributed by atoms with Crippen LogP contribution in [-0.2, 0) is 13.0 Å². The van der Waals surface area contributed by atoms with E-state index in [1.165, 1.54) is 18.4 Å². The van der Waals surface area contributed by atoms with Crippen LogP contribution >= 0.6 is 24.0 Å². The van der Waals surface area contributed by atoms with Gasteiger partial charge < -0.3 is 20.1 Å². The van der Waals surface area contributed by atoms with E-state index in [0.29, 0.717) is 12.4 Å². The molecule has 1 fully saturated rings. The van der Waals surface area contributed by atoms with Gasteiger partial charge in [0.2, 0.25) is 5.88 Å². The van der Waals surface area contributed by atoms with Gasteiger partial charge in [0.1, 0.15) is 5.75 Å². The van der Waals surface area contributed by atoms with Crippen molar-refractivity contribution in [2.24, 2.45) is 10.9 Å². The normalized spacial score (nSPS) is 13.4. The Morgan fingerprint density at radius 3 is 2.62 bits per heavy atom. The van der Waals surface area contributed by atoms with Crippen LogP contribution in [0.5, 0.6) is 11.6 Å². The van der Waals surface area contributed by atoms with Crippen molar-refractivity contribution in [2.75, 3.05) is 27.3 Å². The number of hydrogen-bond acceptors (Lipinski definition) is 4. The molecular weight excluding hydrogens is 479 g/mol. The molecule has 2 N–H and O–H groups in total. The summed E-state index contributed by atoms with van der Waals surface area (Å²) < 4.78 is 11.1. The number of rotatable bonds is 9. The van der Waals surface area contributed by atoms with Crippen LogP contribution in [0.4, 0.5) is 0 Å². The van der Waals surface area contributed by atoms with Gasteiger partial charge in [-0.2, -0.15) is 0 Å². The molecule has 1 aliphatic carbocycles. The number of hydrogen-bond donors (Lipinski definition) is 2.